The molecule has 37 heavy (non-hydrogen) atoms. The molecule has 0 bridgehead atoms. The van der Waals surface area contributed by atoms with E-state index < -0.39 is 11.2 Å². The lowest BCUT2D eigenvalue weighted by Crippen LogP contribution is -2.54. The van der Waals surface area contributed by atoms with Crippen LogP contribution in [0.5, 0.6) is 5.75 Å². The van der Waals surface area contributed by atoms with Crippen molar-refractivity contribution in [2.24, 2.45) is 5.92 Å². The number of aryl methyl sites for hydroxylation is 3. The molecule has 2 aliphatic rings. The van der Waals surface area contributed by atoms with E-state index in [2.05, 4.69) is 32.0 Å². The van der Waals surface area contributed by atoms with Crippen LogP contribution in [0.15, 0.2) is 45.6 Å². The van der Waals surface area contributed by atoms with E-state index in [0.717, 1.165) is 42.2 Å². The van der Waals surface area contributed by atoms with Crippen molar-refractivity contribution in [3.8, 4) is 5.75 Å². The summed E-state index contributed by atoms with van der Waals surface area (Å²) in [5.74, 6) is 0.853. The number of fused-ring (bicyclic) bond motifs is 2. The second-order valence-corrected chi connectivity index (χ2v) is 11.0. The standard InChI is InChI=1S/C31H37NO5/c1-20-7-8-21(2)23(16-20)19-36-25-9-10-26-22(3)27(30(34)37-28(26)17-25)11-12-29(33)32-15-14-31(35)13-5-4-6-24(31)18-32/h7-10,16-17,24,35H,4-6,11-15,18-19H2,1-3H3/t24-,31+/m0/s1. The number of hydrogen-bond donors (Lipinski definition) is 1. The van der Waals surface area contributed by atoms with Gasteiger partial charge >= 0.3 is 5.63 Å². The minimum Gasteiger partial charge on any atom is -0.489 e. The molecule has 0 spiro atoms. The van der Waals surface area contributed by atoms with Gasteiger partial charge in [-0.2, -0.15) is 0 Å². The lowest BCUT2D eigenvalue weighted by molar-refractivity contribution is -0.143. The van der Waals surface area contributed by atoms with Crippen molar-refractivity contribution in [3.05, 3.63) is 74.6 Å². The van der Waals surface area contributed by atoms with Crippen molar-refractivity contribution in [3.63, 3.8) is 0 Å². The van der Waals surface area contributed by atoms with E-state index in [4.69, 9.17) is 9.15 Å². The molecular weight excluding hydrogens is 466 g/mol. The Labute approximate surface area is 218 Å². The fourth-order valence-electron chi connectivity index (χ4n) is 6.06. The highest BCUT2D eigenvalue weighted by atomic mass is 16.5. The van der Waals surface area contributed by atoms with Gasteiger partial charge in [-0.25, -0.2) is 4.79 Å². The number of hydrogen-bond acceptors (Lipinski definition) is 5. The highest BCUT2D eigenvalue weighted by Crippen LogP contribution is 2.40. The van der Waals surface area contributed by atoms with E-state index in [1.165, 1.54) is 11.1 Å². The first-order chi connectivity index (χ1) is 17.7. The van der Waals surface area contributed by atoms with Gasteiger partial charge in [-0.05, 0) is 75.3 Å². The molecule has 1 aromatic heterocycles. The highest BCUT2D eigenvalue weighted by molar-refractivity contribution is 5.83. The van der Waals surface area contributed by atoms with Gasteiger partial charge in [0.25, 0.3) is 0 Å². The fourth-order valence-corrected chi connectivity index (χ4v) is 6.06. The summed E-state index contributed by atoms with van der Waals surface area (Å²) in [6.07, 6.45) is 5.26. The van der Waals surface area contributed by atoms with Crippen molar-refractivity contribution >= 4 is 16.9 Å². The van der Waals surface area contributed by atoms with Crippen LogP contribution in [-0.4, -0.2) is 34.6 Å². The molecule has 5 rings (SSSR count). The van der Waals surface area contributed by atoms with Gasteiger partial charge in [0.15, 0.2) is 0 Å². The summed E-state index contributed by atoms with van der Waals surface area (Å²) in [5.41, 5.74) is 4.37. The molecule has 1 aliphatic heterocycles. The smallest absolute Gasteiger partial charge is 0.339 e. The normalized spacial score (nSPS) is 21.6. The Morgan fingerprint density at radius 3 is 2.81 bits per heavy atom. The van der Waals surface area contributed by atoms with Crippen molar-refractivity contribution in [2.45, 2.75) is 77.9 Å². The Bertz CT molecular complexity index is 1380. The molecule has 2 fully saturated rings. The SMILES string of the molecule is Cc1ccc(C)c(COc2ccc3c(C)c(CCC(=O)N4CC[C@]5(O)CCCC[C@H]5C4)c(=O)oc3c2)c1. The first kappa shape index (κ1) is 25.5. The number of ether oxygens (including phenoxy) is 1. The molecule has 1 saturated heterocycles. The maximum Gasteiger partial charge on any atom is 0.339 e. The number of benzene rings is 2. The van der Waals surface area contributed by atoms with Crippen LogP contribution in [0.25, 0.3) is 11.0 Å². The number of carbonyl (C=O) groups excluding carboxylic acids is 1. The van der Waals surface area contributed by atoms with Crippen LogP contribution in [0.4, 0.5) is 0 Å². The van der Waals surface area contributed by atoms with Crippen LogP contribution in [0.3, 0.4) is 0 Å². The summed E-state index contributed by atoms with van der Waals surface area (Å²) < 4.78 is 11.7. The summed E-state index contributed by atoms with van der Waals surface area (Å²) in [6.45, 7) is 7.68. The van der Waals surface area contributed by atoms with Crippen LogP contribution in [0.1, 0.15) is 66.3 Å². The molecule has 1 aliphatic carbocycles. The summed E-state index contributed by atoms with van der Waals surface area (Å²) in [5, 5.41) is 11.8. The molecule has 6 nitrogen and oxygen atoms in total. The van der Waals surface area contributed by atoms with E-state index in [1.807, 2.05) is 24.0 Å². The maximum absolute atomic E-state index is 13.0. The molecule has 1 N–H and O–H groups in total. The molecule has 1 saturated carbocycles. The summed E-state index contributed by atoms with van der Waals surface area (Å²) in [7, 11) is 0. The van der Waals surface area contributed by atoms with Crippen LogP contribution >= 0.6 is 0 Å². The van der Waals surface area contributed by atoms with E-state index in [0.29, 0.717) is 49.4 Å². The van der Waals surface area contributed by atoms with Crippen LogP contribution in [0, 0.1) is 26.7 Å². The van der Waals surface area contributed by atoms with Gasteiger partial charge in [0.05, 0.1) is 5.60 Å². The number of amides is 1. The second kappa shape index (κ2) is 10.3. The van der Waals surface area contributed by atoms with Crippen LogP contribution in [0.2, 0.25) is 0 Å². The van der Waals surface area contributed by atoms with Gasteiger partial charge in [0, 0.05) is 42.4 Å². The van der Waals surface area contributed by atoms with Crippen molar-refractivity contribution in [2.75, 3.05) is 13.1 Å². The number of rotatable bonds is 6. The Balaban J connectivity index is 1.26. The predicted octanol–water partition coefficient (Wildman–Crippen LogP) is 5.38. The van der Waals surface area contributed by atoms with Crippen LogP contribution < -0.4 is 10.4 Å². The maximum atomic E-state index is 13.0. The Kier molecular flexibility index (Phi) is 7.13. The number of likely N-dealkylation sites (tertiary alicyclic amines) is 1. The zero-order valence-corrected chi connectivity index (χ0v) is 22.1. The Hall–Kier alpha value is -3.12. The first-order valence-corrected chi connectivity index (χ1v) is 13.5. The van der Waals surface area contributed by atoms with Crippen molar-refractivity contribution < 1.29 is 19.1 Å². The molecule has 2 aromatic carbocycles. The third kappa shape index (κ3) is 5.30. The molecular formula is C31H37NO5. The lowest BCUT2D eigenvalue weighted by Gasteiger charge is -2.47. The molecule has 1 amide bonds. The number of carbonyl (C=O) groups is 1. The lowest BCUT2D eigenvalue weighted by atomic mass is 9.71. The number of piperidine rings is 1. The van der Waals surface area contributed by atoms with Gasteiger partial charge in [-0.3, -0.25) is 4.79 Å². The minimum atomic E-state index is -0.605. The van der Waals surface area contributed by atoms with Gasteiger partial charge in [-0.15, -0.1) is 0 Å². The number of nitrogens with zero attached hydrogens (tertiary/aromatic N) is 1. The molecule has 0 unspecified atom stereocenters. The largest absolute Gasteiger partial charge is 0.489 e. The third-order valence-corrected chi connectivity index (χ3v) is 8.53. The van der Waals surface area contributed by atoms with Crippen LogP contribution in [-0.2, 0) is 17.8 Å². The van der Waals surface area contributed by atoms with E-state index in [1.54, 1.807) is 6.07 Å². The van der Waals surface area contributed by atoms with Gasteiger partial charge in [-0.1, -0.05) is 36.6 Å². The Morgan fingerprint density at radius 1 is 1.14 bits per heavy atom. The van der Waals surface area contributed by atoms with E-state index in [9.17, 15) is 14.7 Å². The topological polar surface area (TPSA) is 80.0 Å². The fraction of sp³-hybridized carbons (Fsp3) is 0.484. The monoisotopic (exact) mass is 503 g/mol. The van der Waals surface area contributed by atoms with E-state index in [-0.39, 0.29) is 18.2 Å². The molecule has 2 heterocycles. The molecule has 2 atom stereocenters. The second-order valence-electron chi connectivity index (χ2n) is 11.0. The minimum absolute atomic E-state index is 0.0433. The molecule has 0 radical (unpaired) electrons. The summed E-state index contributed by atoms with van der Waals surface area (Å²) in [4.78, 5) is 27.8. The average Bonchev–Trinajstić information content (AvgIpc) is 2.88. The first-order valence-electron chi connectivity index (χ1n) is 13.5. The molecule has 196 valence electrons. The quantitative estimate of drug-likeness (QED) is 0.457. The predicted molar refractivity (Wildman–Crippen MR) is 144 cm³/mol. The summed E-state index contributed by atoms with van der Waals surface area (Å²) in [6, 6.07) is 11.9. The van der Waals surface area contributed by atoms with Gasteiger partial charge < -0.3 is 19.2 Å². The molecule has 6 heteroatoms. The van der Waals surface area contributed by atoms with Gasteiger partial charge in [0.1, 0.15) is 17.9 Å². The zero-order chi connectivity index (χ0) is 26.2. The van der Waals surface area contributed by atoms with Crippen molar-refractivity contribution in [1.29, 1.82) is 0 Å². The Morgan fingerprint density at radius 2 is 1.97 bits per heavy atom. The third-order valence-electron chi connectivity index (χ3n) is 8.53. The zero-order valence-electron chi connectivity index (χ0n) is 22.1. The van der Waals surface area contributed by atoms with E-state index >= 15 is 0 Å². The number of aliphatic hydroxyl groups is 1. The molecule has 3 aromatic rings. The van der Waals surface area contributed by atoms with Gasteiger partial charge in [0.2, 0.25) is 5.91 Å². The highest BCUT2D eigenvalue weighted by Gasteiger charge is 2.43. The van der Waals surface area contributed by atoms with Crippen molar-refractivity contribution in [1.82, 2.24) is 4.90 Å². The average molecular weight is 504 g/mol. The summed E-state index contributed by atoms with van der Waals surface area (Å²) >= 11 is 0.